The second-order valence-electron chi connectivity index (χ2n) is 10.5. The summed E-state index contributed by atoms with van der Waals surface area (Å²) in [5.41, 5.74) is 0.730. The molecule has 2 saturated carbocycles. The van der Waals surface area contributed by atoms with Gasteiger partial charge in [0.25, 0.3) is 0 Å². The van der Waals surface area contributed by atoms with Crippen molar-refractivity contribution in [3.8, 4) is 5.75 Å². The van der Waals surface area contributed by atoms with Crippen molar-refractivity contribution >= 4 is 23.3 Å². The lowest BCUT2D eigenvalue weighted by Crippen LogP contribution is -2.49. The number of benzene rings is 1. The van der Waals surface area contributed by atoms with Crippen LogP contribution in [0.25, 0.3) is 0 Å². The molecule has 4 atom stereocenters. The minimum Gasteiger partial charge on any atom is -0.488 e. The smallest absolute Gasteiger partial charge is 0.233 e. The molecule has 5 rings (SSSR count). The van der Waals surface area contributed by atoms with Gasteiger partial charge in [0.2, 0.25) is 11.8 Å². The van der Waals surface area contributed by atoms with Gasteiger partial charge in [-0.3, -0.25) is 24.2 Å². The van der Waals surface area contributed by atoms with E-state index in [1.807, 2.05) is 4.90 Å². The van der Waals surface area contributed by atoms with E-state index in [-0.39, 0.29) is 43.6 Å². The molecule has 0 bridgehead atoms. The summed E-state index contributed by atoms with van der Waals surface area (Å²) in [6.07, 6.45) is 2.50. The summed E-state index contributed by atoms with van der Waals surface area (Å²) in [5.74, 6) is -2.07. The Bertz CT molecular complexity index is 979. The minimum atomic E-state index is -1.03. The van der Waals surface area contributed by atoms with Crippen LogP contribution in [0.1, 0.15) is 38.5 Å². The van der Waals surface area contributed by atoms with Crippen LogP contribution in [-0.4, -0.2) is 95.2 Å². The number of halogens is 1. The van der Waals surface area contributed by atoms with E-state index in [4.69, 9.17) is 4.74 Å². The maximum absolute atomic E-state index is 14.0. The average molecular weight is 504 g/mol. The monoisotopic (exact) mass is 503 g/mol. The number of aliphatic hydroxyl groups excluding tert-OH is 2. The van der Waals surface area contributed by atoms with Gasteiger partial charge < -0.3 is 19.8 Å². The highest BCUT2D eigenvalue weighted by Crippen LogP contribution is 2.38. The van der Waals surface area contributed by atoms with Crippen LogP contribution in [0.5, 0.6) is 5.75 Å². The molecule has 0 spiro atoms. The number of carbonyl (C=O) groups is 3. The third-order valence-electron chi connectivity index (χ3n) is 8.05. The standard InChI is InChI=1S/C26H34FN3O6/c27-16-5-6-24(36-18-3-1-2-4-18)21(11-16)29-9-7-28(8-10-29)14-17(31)15-30-25(34)19-12-22(32)23(33)13-20(19)26(30)35/h5-6,11,18-20,22-23,32-33H,1-4,7-10,12-15H2. The first-order chi connectivity index (χ1) is 17.3. The molecule has 2 aliphatic heterocycles. The van der Waals surface area contributed by atoms with E-state index in [1.54, 1.807) is 6.07 Å². The number of fused-ring (bicyclic) bond motifs is 1. The predicted octanol–water partition coefficient (Wildman–Crippen LogP) is 0.955. The first kappa shape index (κ1) is 25.1. The number of hydrogen-bond donors (Lipinski definition) is 2. The van der Waals surface area contributed by atoms with E-state index in [9.17, 15) is 29.0 Å². The molecule has 1 aromatic rings. The number of anilines is 1. The number of imide groups is 1. The van der Waals surface area contributed by atoms with Crippen LogP contribution in [0.2, 0.25) is 0 Å². The number of nitrogens with zero attached hydrogens (tertiary/aromatic N) is 3. The zero-order valence-electron chi connectivity index (χ0n) is 20.4. The van der Waals surface area contributed by atoms with Crippen LogP contribution in [0.3, 0.4) is 0 Å². The number of rotatable bonds is 7. The van der Waals surface area contributed by atoms with E-state index >= 15 is 0 Å². The van der Waals surface area contributed by atoms with E-state index in [0.29, 0.717) is 31.9 Å². The number of ketones is 1. The normalized spacial score (nSPS) is 29.6. The van der Waals surface area contributed by atoms with Crippen LogP contribution in [0.4, 0.5) is 10.1 Å². The molecule has 0 aromatic heterocycles. The van der Waals surface area contributed by atoms with Gasteiger partial charge in [-0.15, -0.1) is 0 Å². The molecule has 4 aliphatic rings. The Morgan fingerprint density at radius 1 is 0.944 bits per heavy atom. The van der Waals surface area contributed by atoms with Gasteiger partial charge in [0, 0.05) is 32.2 Å². The van der Waals surface area contributed by atoms with E-state index in [2.05, 4.69) is 4.90 Å². The SMILES string of the molecule is O=C(CN1CCN(c2cc(F)ccc2OC2CCCC2)CC1)CN1C(=O)C2CC(O)C(O)CC2C1=O. The number of carbonyl (C=O) groups excluding carboxylic acids is 3. The lowest BCUT2D eigenvalue weighted by Gasteiger charge is -2.36. The van der Waals surface area contributed by atoms with Gasteiger partial charge in [0.05, 0.1) is 48.9 Å². The van der Waals surface area contributed by atoms with Gasteiger partial charge in [-0.2, -0.15) is 0 Å². The Morgan fingerprint density at radius 2 is 1.56 bits per heavy atom. The van der Waals surface area contributed by atoms with Crippen LogP contribution in [-0.2, 0) is 14.4 Å². The number of piperazine rings is 1. The highest BCUT2D eigenvalue weighted by molar-refractivity contribution is 6.07. The van der Waals surface area contributed by atoms with E-state index in [1.165, 1.54) is 12.1 Å². The van der Waals surface area contributed by atoms with Crippen molar-refractivity contribution in [3.05, 3.63) is 24.0 Å². The maximum Gasteiger partial charge on any atom is 0.233 e. The fraction of sp³-hybridized carbons (Fsp3) is 0.654. The van der Waals surface area contributed by atoms with Crippen molar-refractivity contribution in [2.24, 2.45) is 11.8 Å². The molecule has 36 heavy (non-hydrogen) atoms. The largest absolute Gasteiger partial charge is 0.488 e. The second-order valence-corrected chi connectivity index (χ2v) is 10.5. The predicted molar refractivity (Wildman–Crippen MR) is 128 cm³/mol. The lowest BCUT2D eigenvalue weighted by atomic mass is 9.78. The maximum atomic E-state index is 14.0. The number of ether oxygens (including phenoxy) is 1. The summed E-state index contributed by atoms with van der Waals surface area (Å²) in [6.45, 7) is 2.17. The first-order valence-electron chi connectivity index (χ1n) is 13.0. The summed E-state index contributed by atoms with van der Waals surface area (Å²) in [6, 6.07) is 4.61. The molecular formula is C26H34FN3O6. The third kappa shape index (κ3) is 5.12. The Labute approximate surface area is 209 Å². The first-order valence-corrected chi connectivity index (χ1v) is 13.0. The number of amides is 2. The molecular weight excluding hydrogens is 469 g/mol. The number of Topliss-reactive ketones (excluding diaryl/α,β-unsaturated/α-hetero) is 1. The zero-order valence-corrected chi connectivity index (χ0v) is 20.4. The van der Waals surface area contributed by atoms with Gasteiger partial charge in [-0.1, -0.05) is 0 Å². The van der Waals surface area contributed by atoms with Crippen LogP contribution in [0, 0.1) is 17.7 Å². The van der Waals surface area contributed by atoms with Crippen LogP contribution < -0.4 is 9.64 Å². The molecule has 2 aliphatic carbocycles. The van der Waals surface area contributed by atoms with Crippen molar-refractivity contribution < 1.29 is 33.7 Å². The Hall–Kier alpha value is -2.56. The molecule has 2 saturated heterocycles. The van der Waals surface area contributed by atoms with E-state index in [0.717, 1.165) is 36.3 Å². The van der Waals surface area contributed by atoms with Gasteiger partial charge in [0.1, 0.15) is 11.6 Å². The average Bonchev–Trinajstić information content (AvgIpc) is 3.44. The molecule has 1 aromatic carbocycles. The fourth-order valence-corrected chi connectivity index (χ4v) is 6.02. The molecule has 2 heterocycles. The third-order valence-corrected chi connectivity index (χ3v) is 8.05. The summed E-state index contributed by atoms with van der Waals surface area (Å²) in [4.78, 5) is 43.2. The number of likely N-dealkylation sites (tertiary alicyclic amines) is 1. The summed E-state index contributed by atoms with van der Waals surface area (Å²) >= 11 is 0. The number of hydrogen-bond acceptors (Lipinski definition) is 8. The molecule has 2 amide bonds. The summed E-state index contributed by atoms with van der Waals surface area (Å²) < 4.78 is 20.2. The van der Waals surface area contributed by atoms with Crippen molar-refractivity contribution in [2.75, 3.05) is 44.2 Å². The molecule has 2 N–H and O–H groups in total. The lowest BCUT2D eigenvalue weighted by molar-refractivity contribution is -0.143. The van der Waals surface area contributed by atoms with Crippen molar-refractivity contribution in [2.45, 2.75) is 56.8 Å². The van der Waals surface area contributed by atoms with Gasteiger partial charge >= 0.3 is 0 Å². The highest BCUT2D eigenvalue weighted by Gasteiger charge is 2.52. The quantitative estimate of drug-likeness (QED) is 0.530. The molecule has 9 nitrogen and oxygen atoms in total. The zero-order chi connectivity index (χ0) is 25.4. The van der Waals surface area contributed by atoms with Gasteiger partial charge in [-0.25, -0.2) is 4.39 Å². The molecule has 196 valence electrons. The molecule has 4 unspecified atom stereocenters. The van der Waals surface area contributed by atoms with Gasteiger partial charge in [0.15, 0.2) is 5.78 Å². The molecule has 0 radical (unpaired) electrons. The highest BCUT2D eigenvalue weighted by atomic mass is 19.1. The Kier molecular flexibility index (Phi) is 7.28. The molecule has 10 heteroatoms. The second kappa shape index (κ2) is 10.4. The summed E-state index contributed by atoms with van der Waals surface area (Å²) in [7, 11) is 0. The topological polar surface area (TPSA) is 111 Å². The molecule has 4 fully saturated rings. The van der Waals surface area contributed by atoms with Crippen LogP contribution >= 0.6 is 0 Å². The van der Waals surface area contributed by atoms with Gasteiger partial charge in [-0.05, 0) is 50.7 Å². The Morgan fingerprint density at radius 3 is 2.17 bits per heavy atom. The minimum absolute atomic E-state index is 0.0373. The van der Waals surface area contributed by atoms with E-state index < -0.39 is 35.9 Å². The number of aliphatic hydroxyl groups is 2. The summed E-state index contributed by atoms with van der Waals surface area (Å²) in [5, 5.41) is 19.8. The Balaban J connectivity index is 1.15. The van der Waals surface area contributed by atoms with Crippen molar-refractivity contribution in [1.29, 1.82) is 0 Å². The van der Waals surface area contributed by atoms with Crippen molar-refractivity contribution in [3.63, 3.8) is 0 Å². The fourth-order valence-electron chi connectivity index (χ4n) is 6.02. The van der Waals surface area contributed by atoms with Crippen LogP contribution in [0.15, 0.2) is 18.2 Å². The van der Waals surface area contributed by atoms with Crippen molar-refractivity contribution in [1.82, 2.24) is 9.80 Å².